The maximum absolute atomic E-state index is 15.2. The average Bonchev–Trinajstić information content (AvgIpc) is 3.60. The number of esters is 1. The summed E-state index contributed by atoms with van der Waals surface area (Å²) in [7, 11) is -9.17. The van der Waals surface area contributed by atoms with E-state index in [4.69, 9.17) is 14.2 Å². The van der Waals surface area contributed by atoms with Gasteiger partial charge in [0.15, 0.2) is 11.6 Å². The van der Waals surface area contributed by atoms with E-state index >= 15 is 4.39 Å². The van der Waals surface area contributed by atoms with E-state index in [0.717, 1.165) is 12.1 Å². The van der Waals surface area contributed by atoms with Crippen molar-refractivity contribution in [2.75, 3.05) is 12.4 Å². The Morgan fingerprint density at radius 1 is 0.880 bits per heavy atom. The molecule has 2 aromatic carbocycles. The molecule has 0 heterocycles. The molecule has 278 valence electrons. The SMILES string of the molecule is COc1cc(F)c(O[C@H]2CC[C@@](C)(C(=O)OC(C)(C)C)CC2)cc1C(=O)N[C@H]1[C@@H]2CC[C@@H](C2)[C@H]1C(=O)Nc1ccc(F)c(S(F)(F)(F)(F)F)c1. The standard InChI is InChI=1S/C34H41F7N2O6S/c1-33(2,3)49-32(46)34(4)12-10-21(11-13-34)48-26-16-22(25(47-5)17-24(26)36)30(44)43-29-19-7-6-18(14-19)28(29)31(45)42-20-8-9-23(35)27(15-20)50(37,38,39,40)41/h8-9,15-19,21,28-29H,6-7,10-14H2,1-5H3,(H,42,45)(H,43,44)/t18-,19+,21-,28+,29-,34+/m0/s1. The van der Waals surface area contributed by atoms with E-state index in [0.29, 0.717) is 44.9 Å². The highest BCUT2D eigenvalue weighted by molar-refractivity contribution is 8.45. The van der Waals surface area contributed by atoms with E-state index in [1.54, 1.807) is 20.8 Å². The minimum atomic E-state index is -10.4. The van der Waals surface area contributed by atoms with E-state index in [1.165, 1.54) is 13.2 Å². The van der Waals surface area contributed by atoms with Crippen LogP contribution in [-0.4, -0.2) is 42.6 Å². The van der Waals surface area contributed by atoms with Crippen LogP contribution in [0.4, 0.5) is 33.9 Å². The van der Waals surface area contributed by atoms with Gasteiger partial charge in [0.1, 0.15) is 22.1 Å². The Morgan fingerprint density at radius 2 is 1.52 bits per heavy atom. The number of anilines is 1. The molecule has 4 atom stereocenters. The molecule has 0 spiro atoms. The lowest BCUT2D eigenvalue weighted by molar-refractivity contribution is -0.169. The number of carbonyl (C=O) groups is 3. The Kier molecular flexibility index (Phi) is 9.18. The van der Waals surface area contributed by atoms with Gasteiger partial charge in [0.2, 0.25) is 5.91 Å². The van der Waals surface area contributed by atoms with Crippen LogP contribution in [-0.2, 0) is 14.3 Å². The lowest BCUT2D eigenvalue weighted by Gasteiger charge is -2.40. The summed E-state index contributed by atoms with van der Waals surface area (Å²) < 4.78 is 113. The fourth-order valence-corrected chi connectivity index (χ4v) is 8.10. The molecular weight excluding hydrogens is 697 g/mol. The number of nitrogens with one attached hydrogen (secondary N) is 2. The van der Waals surface area contributed by atoms with Gasteiger partial charge >= 0.3 is 16.2 Å². The smallest absolute Gasteiger partial charge is 0.313 e. The van der Waals surface area contributed by atoms with Gasteiger partial charge in [-0.05, 0) is 109 Å². The largest absolute Gasteiger partial charge is 0.496 e. The number of ether oxygens (including phenoxy) is 3. The molecular formula is C34H41F7N2O6S. The van der Waals surface area contributed by atoms with Gasteiger partial charge in [0, 0.05) is 17.8 Å². The summed E-state index contributed by atoms with van der Waals surface area (Å²) in [5.41, 5.74) is -2.16. The molecule has 8 nitrogen and oxygen atoms in total. The summed E-state index contributed by atoms with van der Waals surface area (Å²) in [6.45, 7) is 7.17. The van der Waals surface area contributed by atoms with Crippen LogP contribution in [0.1, 0.15) is 83.0 Å². The van der Waals surface area contributed by atoms with Crippen LogP contribution in [0, 0.1) is 34.8 Å². The molecule has 2 N–H and O–H groups in total. The molecule has 3 aliphatic carbocycles. The molecule has 0 unspecified atom stereocenters. The molecule has 16 heteroatoms. The van der Waals surface area contributed by atoms with Crippen LogP contribution in [0.15, 0.2) is 35.2 Å². The average molecular weight is 739 g/mol. The summed E-state index contributed by atoms with van der Waals surface area (Å²) >= 11 is 0. The first kappa shape index (κ1) is 37.6. The lowest BCUT2D eigenvalue weighted by atomic mass is 9.74. The van der Waals surface area contributed by atoms with Crippen molar-refractivity contribution in [3.8, 4) is 11.5 Å². The maximum atomic E-state index is 15.2. The minimum absolute atomic E-state index is 0.0979. The lowest BCUT2D eigenvalue weighted by Crippen LogP contribution is -2.48. The Labute approximate surface area is 285 Å². The first-order valence-electron chi connectivity index (χ1n) is 16.3. The molecule has 0 radical (unpaired) electrons. The second kappa shape index (κ2) is 12.2. The van der Waals surface area contributed by atoms with Crippen LogP contribution in [0.25, 0.3) is 0 Å². The van der Waals surface area contributed by atoms with Crippen molar-refractivity contribution in [3.63, 3.8) is 0 Å². The molecule has 3 aliphatic rings. The Hall–Kier alpha value is -3.69. The van der Waals surface area contributed by atoms with Crippen molar-refractivity contribution >= 4 is 33.7 Å². The van der Waals surface area contributed by atoms with Crippen molar-refractivity contribution in [3.05, 3.63) is 47.5 Å². The van der Waals surface area contributed by atoms with Crippen molar-refractivity contribution in [2.24, 2.45) is 23.2 Å². The quantitative estimate of drug-likeness (QED) is 0.197. The van der Waals surface area contributed by atoms with Crippen molar-refractivity contribution in [2.45, 2.75) is 95.3 Å². The van der Waals surface area contributed by atoms with Gasteiger partial charge < -0.3 is 24.8 Å². The molecule has 0 saturated heterocycles. The van der Waals surface area contributed by atoms with Crippen LogP contribution >= 0.6 is 10.2 Å². The van der Waals surface area contributed by atoms with Gasteiger partial charge in [0.05, 0.1) is 30.1 Å². The van der Waals surface area contributed by atoms with E-state index in [9.17, 15) is 38.2 Å². The normalized spacial score (nSPS) is 27.9. The molecule has 2 amide bonds. The topological polar surface area (TPSA) is 103 Å². The monoisotopic (exact) mass is 738 g/mol. The number of hydrogen-bond acceptors (Lipinski definition) is 6. The van der Waals surface area contributed by atoms with E-state index < -0.39 is 73.3 Å². The van der Waals surface area contributed by atoms with E-state index in [-0.39, 0.29) is 47.0 Å². The van der Waals surface area contributed by atoms with Gasteiger partial charge in [-0.3, -0.25) is 14.4 Å². The summed E-state index contributed by atoms with van der Waals surface area (Å²) in [5.74, 6) is -6.59. The van der Waals surface area contributed by atoms with Gasteiger partial charge in [-0.2, -0.15) is 0 Å². The highest BCUT2D eigenvalue weighted by atomic mass is 32.5. The second-order valence-electron chi connectivity index (χ2n) is 14.8. The second-order valence-corrected chi connectivity index (χ2v) is 17.2. The van der Waals surface area contributed by atoms with Crippen LogP contribution in [0.3, 0.4) is 0 Å². The summed E-state index contributed by atoms with van der Waals surface area (Å²) in [5, 5.41) is 5.00. The van der Waals surface area contributed by atoms with Crippen LogP contribution in [0.2, 0.25) is 0 Å². The molecule has 3 fully saturated rings. The molecule has 50 heavy (non-hydrogen) atoms. The number of methoxy groups -OCH3 is 1. The van der Waals surface area contributed by atoms with Gasteiger partial charge in [-0.25, -0.2) is 8.78 Å². The number of hydrogen-bond donors (Lipinski definition) is 2. The van der Waals surface area contributed by atoms with Gasteiger partial charge in [-0.1, -0.05) is 19.4 Å². The first-order valence-corrected chi connectivity index (χ1v) is 18.3. The van der Waals surface area contributed by atoms with Crippen LogP contribution < -0.4 is 20.1 Å². The Balaban J connectivity index is 1.30. The van der Waals surface area contributed by atoms with Crippen molar-refractivity contribution in [1.29, 1.82) is 0 Å². The summed E-state index contributed by atoms with van der Waals surface area (Å²) in [6.07, 6.45) is 2.99. The van der Waals surface area contributed by atoms with Gasteiger partial charge in [-0.15, -0.1) is 0 Å². The molecule has 0 aromatic heterocycles. The number of carbonyl (C=O) groups excluding carboxylic acids is 3. The highest BCUT2D eigenvalue weighted by Crippen LogP contribution is 3.02. The Morgan fingerprint density at radius 3 is 2.12 bits per heavy atom. The van der Waals surface area contributed by atoms with E-state index in [1.807, 2.05) is 6.92 Å². The zero-order chi connectivity index (χ0) is 37.1. The molecule has 5 rings (SSSR count). The van der Waals surface area contributed by atoms with E-state index in [2.05, 4.69) is 10.6 Å². The molecule has 0 aliphatic heterocycles. The summed E-state index contributed by atoms with van der Waals surface area (Å²) in [4.78, 5) is 37.1. The predicted octanol–water partition coefficient (Wildman–Crippen LogP) is 9.08. The minimum Gasteiger partial charge on any atom is -0.496 e. The number of benzene rings is 2. The number of fused-ring (bicyclic) bond motifs is 2. The molecule has 2 aromatic rings. The zero-order valence-electron chi connectivity index (χ0n) is 28.2. The zero-order valence-corrected chi connectivity index (χ0v) is 29.0. The fraction of sp³-hybridized carbons (Fsp3) is 0.559. The van der Waals surface area contributed by atoms with Crippen molar-refractivity contribution in [1.82, 2.24) is 5.32 Å². The third-order valence-corrected chi connectivity index (χ3v) is 11.0. The third kappa shape index (κ3) is 8.10. The fourth-order valence-electron chi connectivity index (χ4n) is 7.31. The predicted molar refractivity (Wildman–Crippen MR) is 172 cm³/mol. The van der Waals surface area contributed by atoms with Crippen molar-refractivity contribution < 1.29 is 56.8 Å². The molecule has 2 bridgehead atoms. The number of halogens is 7. The Bertz CT molecular complexity index is 1690. The van der Waals surface area contributed by atoms with Gasteiger partial charge in [0.25, 0.3) is 5.91 Å². The van der Waals surface area contributed by atoms with Crippen LogP contribution in [0.5, 0.6) is 11.5 Å². The maximum Gasteiger partial charge on any atom is 0.313 e. The first-order chi connectivity index (χ1) is 22.9. The molecule has 3 saturated carbocycles. The highest BCUT2D eigenvalue weighted by Gasteiger charge is 2.67. The third-order valence-electron chi connectivity index (χ3n) is 9.85. The number of rotatable bonds is 9. The number of amides is 2. The summed E-state index contributed by atoms with van der Waals surface area (Å²) in [6, 6.07) is 2.19.